The molecule has 1 saturated heterocycles. The van der Waals surface area contributed by atoms with Gasteiger partial charge < -0.3 is 10.2 Å². The van der Waals surface area contributed by atoms with Crippen molar-refractivity contribution < 1.29 is 9.59 Å². The number of carbonyl (C=O) groups is 2. The molecule has 7 heteroatoms. The maximum absolute atomic E-state index is 13.6. The summed E-state index contributed by atoms with van der Waals surface area (Å²) in [5.74, 6) is 0.892. The third-order valence-corrected chi connectivity index (χ3v) is 7.89. The highest BCUT2D eigenvalue weighted by molar-refractivity contribution is 7.15. The summed E-state index contributed by atoms with van der Waals surface area (Å²) in [6.07, 6.45) is 6.33. The molecule has 0 atom stereocenters. The van der Waals surface area contributed by atoms with Crippen molar-refractivity contribution in [3.8, 4) is 0 Å². The van der Waals surface area contributed by atoms with Crippen LogP contribution in [0.15, 0.2) is 30.3 Å². The Morgan fingerprint density at radius 3 is 2.42 bits per heavy atom. The van der Waals surface area contributed by atoms with Gasteiger partial charge in [0.1, 0.15) is 5.01 Å². The highest BCUT2D eigenvalue weighted by Crippen LogP contribution is 2.43. The van der Waals surface area contributed by atoms with E-state index in [0.717, 1.165) is 62.2 Å². The molecule has 0 spiro atoms. The second-order valence-electron chi connectivity index (χ2n) is 9.24. The molecule has 2 aliphatic rings. The van der Waals surface area contributed by atoms with Crippen molar-refractivity contribution in [2.75, 3.05) is 18.4 Å². The third-order valence-electron chi connectivity index (χ3n) is 6.75. The van der Waals surface area contributed by atoms with E-state index in [2.05, 4.69) is 41.5 Å². The summed E-state index contributed by atoms with van der Waals surface area (Å²) in [5.41, 5.74) is 0.814. The first-order valence-corrected chi connectivity index (χ1v) is 12.3. The Balaban J connectivity index is 1.31. The van der Waals surface area contributed by atoms with E-state index in [0.29, 0.717) is 23.4 Å². The van der Waals surface area contributed by atoms with Crippen LogP contribution in [0.25, 0.3) is 0 Å². The molecule has 1 aliphatic heterocycles. The van der Waals surface area contributed by atoms with Gasteiger partial charge in [-0.25, -0.2) is 0 Å². The molecule has 1 aliphatic carbocycles. The summed E-state index contributed by atoms with van der Waals surface area (Å²) in [6.45, 7) is 5.60. The van der Waals surface area contributed by atoms with Crippen molar-refractivity contribution in [2.24, 2.45) is 5.92 Å². The van der Waals surface area contributed by atoms with E-state index in [-0.39, 0.29) is 17.2 Å². The molecule has 0 radical (unpaired) electrons. The molecule has 1 aromatic carbocycles. The van der Waals surface area contributed by atoms with Crippen LogP contribution < -0.4 is 5.32 Å². The number of nitrogens with one attached hydrogen (secondary N) is 1. The Labute approximate surface area is 188 Å². The van der Waals surface area contributed by atoms with Gasteiger partial charge in [-0.2, -0.15) is 0 Å². The van der Waals surface area contributed by atoms with Crippen LogP contribution in [0.5, 0.6) is 0 Å². The number of benzene rings is 1. The molecule has 2 fully saturated rings. The molecular formula is C24H32N4O2S. The Morgan fingerprint density at radius 1 is 1.13 bits per heavy atom. The van der Waals surface area contributed by atoms with Gasteiger partial charge >= 0.3 is 0 Å². The van der Waals surface area contributed by atoms with E-state index in [9.17, 15) is 9.59 Å². The first kappa shape index (κ1) is 21.9. The Bertz CT molecular complexity index is 897. The Kier molecular flexibility index (Phi) is 6.70. The number of amides is 2. The number of aromatic nitrogens is 2. The van der Waals surface area contributed by atoms with Crippen molar-refractivity contribution in [2.45, 2.75) is 70.1 Å². The summed E-state index contributed by atoms with van der Waals surface area (Å²) in [7, 11) is 0. The maximum Gasteiger partial charge on any atom is 0.233 e. The molecule has 1 saturated carbocycles. The van der Waals surface area contributed by atoms with Crippen LogP contribution >= 0.6 is 11.3 Å². The molecule has 2 aromatic rings. The number of carbonyl (C=O) groups excluding carboxylic acids is 2. The van der Waals surface area contributed by atoms with Crippen molar-refractivity contribution in [1.82, 2.24) is 15.1 Å². The van der Waals surface area contributed by atoms with Gasteiger partial charge in [0.2, 0.25) is 16.9 Å². The maximum atomic E-state index is 13.6. The Morgan fingerprint density at radius 2 is 1.81 bits per heavy atom. The van der Waals surface area contributed by atoms with E-state index < -0.39 is 0 Å². The minimum atomic E-state index is -0.350. The predicted octanol–water partition coefficient (Wildman–Crippen LogP) is 4.74. The smallest absolute Gasteiger partial charge is 0.233 e. The minimum Gasteiger partial charge on any atom is -0.342 e. The van der Waals surface area contributed by atoms with E-state index in [1.165, 1.54) is 11.3 Å². The lowest BCUT2D eigenvalue weighted by Gasteiger charge is -2.38. The number of piperidine rings is 1. The first-order chi connectivity index (χ1) is 15.0. The van der Waals surface area contributed by atoms with Gasteiger partial charge in [0.15, 0.2) is 0 Å². The second-order valence-corrected chi connectivity index (χ2v) is 10.3. The normalized spacial score (nSPS) is 19.0. The SMILES string of the molecule is CC(C)c1nnc(NC(=O)CC2CCN(C(=O)C3(c4ccccc4)CCCC3)CC2)s1. The average Bonchev–Trinajstić information content (AvgIpc) is 3.45. The zero-order chi connectivity index (χ0) is 21.8. The molecule has 166 valence electrons. The fraction of sp³-hybridized carbons (Fsp3) is 0.583. The number of hydrogen-bond donors (Lipinski definition) is 1. The number of hydrogen-bond acceptors (Lipinski definition) is 5. The van der Waals surface area contributed by atoms with E-state index in [4.69, 9.17) is 0 Å². The molecule has 1 N–H and O–H groups in total. The quantitative estimate of drug-likeness (QED) is 0.704. The molecule has 31 heavy (non-hydrogen) atoms. The van der Waals surface area contributed by atoms with Crippen molar-refractivity contribution >= 4 is 28.3 Å². The molecular weight excluding hydrogens is 408 g/mol. The zero-order valence-corrected chi connectivity index (χ0v) is 19.3. The lowest BCUT2D eigenvalue weighted by atomic mass is 9.77. The fourth-order valence-electron chi connectivity index (χ4n) is 4.96. The lowest BCUT2D eigenvalue weighted by Crippen LogP contribution is -2.48. The number of nitrogens with zero attached hydrogens (tertiary/aromatic N) is 3. The fourth-order valence-corrected chi connectivity index (χ4v) is 5.72. The summed E-state index contributed by atoms with van der Waals surface area (Å²) in [6, 6.07) is 10.3. The van der Waals surface area contributed by atoms with Crippen LogP contribution in [-0.2, 0) is 15.0 Å². The first-order valence-electron chi connectivity index (χ1n) is 11.5. The van der Waals surface area contributed by atoms with Crippen LogP contribution in [0.4, 0.5) is 5.13 Å². The summed E-state index contributed by atoms with van der Waals surface area (Å²) >= 11 is 1.44. The lowest BCUT2D eigenvalue weighted by molar-refractivity contribution is -0.138. The van der Waals surface area contributed by atoms with Crippen molar-refractivity contribution in [3.05, 3.63) is 40.9 Å². The van der Waals surface area contributed by atoms with Gasteiger partial charge in [0, 0.05) is 25.4 Å². The van der Waals surface area contributed by atoms with Crippen LogP contribution in [-0.4, -0.2) is 40.0 Å². The van der Waals surface area contributed by atoms with Crippen LogP contribution in [0.1, 0.15) is 75.3 Å². The highest BCUT2D eigenvalue weighted by atomic mass is 32.1. The van der Waals surface area contributed by atoms with Crippen LogP contribution in [0.3, 0.4) is 0 Å². The largest absolute Gasteiger partial charge is 0.342 e. The van der Waals surface area contributed by atoms with Gasteiger partial charge in [-0.1, -0.05) is 68.4 Å². The van der Waals surface area contributed by atoms with E-state index >= 15 is 0 Å². The zero-order valence-electron chi connectivity index (χ0n) is 18.5. The van der Waals surface area contributed by atoms with Crippen molar-refractivity contribution in [3.63, 3.8) is 0 Å². The van der Waals surface area contributed by atoms with Crippen LogP contribution in [0.2, 0.25) is 0 Å². The van der Waals surface area contributed by atoms with Gasteiger partial charge in [-0.15, -0.1) is 10.2 Å². The van der Waals surface area contributed by atoms with E-state index in [1.807, 2.05) is 23.1 Å². The minimum absolute atomic E-state index is 0.00668. The van der Waals surface area contributed by atoms with E-state index in [1.54, 1.807) is 0 Å². The van der Waals surface area contributed by atoms with Gasteiger partial charge in [-0.3, -0.25) is 9.59 Å². The molecule has 2 heterocycles. The molecule has 6 nitrogen and oxygen atoms in total. The number of anilines is 1. The number of rotatable bonds is 6. The van der Waals surface area contributed by atoms with Gasteiger partial charge in [0.05, 0.1) is 5.41 Å². The van der Waals surface area contributed by atoms with Crippen LogP contribution in [0, 0.1) is 5.92 Å². The monoisotopic (exact) mass is 440 g/mol. The average molecular weight is 441 g/mol. The molecule has 4 rings (SSSR count). The predicted molar refractivity (Wildman–Crippen MR) is 123 cm³/mol. The molecule has 0 unspecified atom stereocenters. The van der Waals surface area contributed by atoms with Crippen molar-refractivity contribution in [1.29, 1.82) is 0 Å². The van der Waals surface area contributed by atoms with Gasteiger partial charge in [0.25, 0.3) is 0 Å². The Hall–Kier alpha value is -2.28. The molecule has 2 amide bonds. The molecule has 1 aromatic heterocycles. The third kappa shape index (κ3) is 4.81. The topological polar surface area (TPSA) is 75.2 Å². The van der Waals surface area contributed by atoms with Gasteiger partial charge in [-0.05, 0) is 37.2 Å². The summed E-state index contributed by atoms with van der Waals surface area (Å²) in [4.78, 5) is 28.1. The summed E-state index contributed by atoms with van der Waals surface area (Å²) in [5, 5.41) is 12.6. The standard InChI is InChI=1S/C24H32N4O2S/c1-17(2)21-26-27-23(31-21)25-20(29)16-18-10-14-28(15-11-18)22(30)24(12-6-7-13-24)19-8-4-3-5-9-19/h3-5,8-9,17-18H,6-7,10-16H2,1-2H3,(H,25,27,29). The summed E-state index contributed by atoms with van der Waals surface area (Å²) < 4.78 is 0. The second kappa shape index (κ2) is 9.47. The highest BCUT2D eigenvalue weighted by Gasteiger charge is 2.45. The molecule has 0 bridgehead atoms. The number of likely N-dealkylation sites (tertiary alicyclic amines) is 1.